The van der Waals surface area contributed by atoms with Gasteiger partial charge in [0.25, 0.3) is 0 Å². The van der Waals surface area contributed by atoms with Gasteiger partial charge in [0.05, 0.1) is 25.0 Å². The monoisotopic (exact) mass is 291 g/mol. The first-order valence-corrected chi connectivity index (χ1v) is 7.24. The summed E-state index contributed by atoms with van der Waals surface area (Å²) in [6, 6.07) is 11.1. The zero-order valence-corrected chi connectivity index (χ0v) is 12.0. The molecule has 5 nitrogen and oxygen atoms in total. The van der Waals surface area contributed by atoms with Crippen LogP contribution in [0.4, 0.5) is 0 Å². The molecule has 1 heterocycles. The maximum Gasteiger partial charge on any atom is 0.303 e. The third kappa shape index (κ3) is 2.01. The van der Waals surface area contributed by atoms with Crippen LogP contribution in [0.2, 0.25) is 0 Å². The van der Waals surface area contributed by atoms with E-state index < -0.39 is 8.16 Å². The Labute approximate surface area is 116 Å². The van der Waals surface area contributed by atoms with Crippen molar-refractivity contribution in [1.82, 2.24) is 0 Å². The molecule has 3 aromatic rings. The van der Waals surface area contributed by atoms with Crippen LogP contribution in [0.25, 0.3) is 21.9 Å². The van der Waals surface area contributed by atoms with Gasteiger partial charge in [0.15, 0.2) is 0 Å². The minimum Gasteiger partial charge on any atom is -0.496 e. The van der Waals surface area contributed by atoms with Crippen molar-refractivity contribution in [2.75, 3.05) is 19.7 Å². The van der Waals surface area contributed by atoms with Gasteiger partial charge in [-0.25, -0.2) is 5.50 Å². The molecule has 0 bridgehead atoms. The highest BCUT2D eigenvalue weighted by molar-refractivity contribution is 7.36. The molecule has 0 spiro atoms. The molecule has 0 aliphatic heterocycles. The fourth-order valence-electron chi connectivity index (χ4n) is 2.22. The molecule has 3 rings (SSSR count). The molecule has 0 aliphatic carbocycles. The van der Waals surface area contributed by atoms with Crippen LogP contribution in [0.15, 0.2) is 44.8 Å². The third-order valence-electron chi connectivity index (χ3n) is 3.04. The summed E-state index contributed by atoms with van der Waals surface area (Å²) in [6.45, 7) is 0. The Morgan fingerprint density at radius 1 is 0.850 bits per heavy atom. The lowest BCUT2D eigenvalue weighted by molar-refractivity contribution is 0.416. The van der Waals surface area contributed by atoms with Crippen LogP contribution in [-0.4, -0.2) is 14.2 Å². The van der Waals surface area contributed by atoms with Gasteiger partial charge in [-0.1, -0.05) is 12.1 Å². The Balaban J connectivity index is 2.67. The summed E-state index contributed by atoms with van der Waals surface area (Å²) in [7, 11) is 1.69. The molecule has 0 saturated heterocycles. The second-order valence-corrected chi connectivity index (χ2v) is 5.07. The van der Waals surface area contributed by atoms with E-state index in [1.807, 2.05) is 36.4 Å². The van der Waals surface area contributed by atoms with E-state index in [2.05, 4.69) is 0 Å². The largest absolute Gasteiger partial charge is 0.496 e. The van der Waals surface area contributed by atoms with E-state index in [1.165, 1.54) is 0 Å². The molecule has 6 heteroatoms. The first kappa shape index (κ1) is 12.9. The van der Waals surface area contributed by atoms with Crippen molar-refractivity contribution in [1.29, 1.82) is 0 Å². The van der Waals surface area contributed by atoms with Crippen molar-refractivity contribution < 1.29 is 17.9 Å². The Hall–Kier alpha value is -2.10. The van der Waals surface area contributed by atoms with Gasteiger partial charge in [-0.3, -0.25) is 0 Å². The van der Waals surface area contributed by atoms with Gasteiger partial charge in [-0.15, -0.1) is 0 Å². The van der Waals surface area contributed by atoms with Crippen LogP contribution in [0.5, 0.6) is 11.5 Å². The van der Waals surface area contributed by atoms with Crippen molar-refractivity contribution >= 4 is 30.1 Å². The highest BCUT2D eigenvalue weighted by Gasteiger charge is 2.13. The van der Waals surface area contributed by atoms with Gasteiger partial charge in [0, 0.05) is 0 Å². The van der Waals surface area contributed by atoms with Crippen LogP contribution < -0.4 is 15.0 Å². The second-order valence-electron chi connectivity index (χ2n) is 4.13. The topological polar surface area (TPSA) is 70.8 Å². The van der Waals surface area contributed by atoms with E-state index in [0.29, 0.717) is 22.7 Å². The average molecular weight is 291 g/mol. The summed E-state index contributed by atoms with van der Waals surface area (Å²) in [5, 5.41) is 1.58. The average Bonchev–Trinajstić information content (AvgIpc) is 2.61. The van der Waals surface area contributed by atoms with Crippen molar-refractivity contribution in [3.8, 4) is 11.5 Å². The highest BCUT2D eigenvalue weighted by Crippen LogP contribution is 2.39. The van der Waals surface area contributed by atoms with Crippen LogP contribution in [0, 0.1) is 0 Å². The lowest BCUT2D eigenvalue weighted by Gasteiger charge is -2.06. The van der Waals surface area contributed by atoms with Crippen LogP contribution in [-0.2, 0) is 0 Å². The summed E-state index contributed by atoms with van der Waals surface area (Å²) >= 11 is 0. The molecule has 0 radical (unpaired) electrons. The summed E-state index contributed by atoms with van der Waals surface area (Å²) < 4.78 is 22.2. The number of rotatable bonds is 2. The number of nitrogen functional groups attached to an aromatic ring is 1. The van der Waals surface area contributed by atoms with Gasteiger partial charge in [-0.2, -0.15) is 0 Å². The van der Waals surface area contributed by atoms with Gasteiger partial charge >= 0.3 is 8.16 Å². The first-order valence-electron chi connectivity index (χ1n) is 5.99. The highest BCUT2D eigenvalue weighted by atomic mass is 31.1. The standard InChI is InChI=1S/C14H14NO4P/c1-16-9-5-3-7-11-13(9)14-10(17-2)6-4-8-12(14)19-20(15)18-11/h3-8H,15H2,1-2H3. The van der Waals surface area contributed by atoms with Crippen LogP contribution in [0.3, 0.4) is 0 Å². The van der Waals surface area contributed by atoms with E-state index in [0.717, 1.165) is 10.8 Å². The molecule has 0 unspecified atom stereocenters. The second kappa shape index (κ2) is 5.12. The van der Waals surface area contributed by atoms with Crippen molar-refractivity contribution in [2.45, 2.75) is 0 Å². The van der Waals surface area contributed by atoms with Crippen molar-refractivity contribution in [2.24, 2.45) is 0 Å². The predicted octanol–water partition coefficient (Wildman–Crippen LogP) is 4.02. The predicted molar refractivity (Wildman–Crippen MR) is 79.6 cm³/mol. The fraction of sp³-hybridized carbons (Fsp3) is 0.143. The van der Waals surface area contributed by atoms with Crippen LogP contribution in [0.1, 0.15) is 0 Å². The van der Waals surface area contributed by atoms with Crippen molar-refractivity contribution in [3.05, 3.63) is 36.4 Å². The first-order chi connectivity index (χ1) is 9.74. The Morgan fingerprint density at radius 2 is 1.30 bits per heavy atom. The minimum absolute atomic E-state index is 0.626. The molecule has 0 fully saturated rings. The molecule has 104 valence electrons. The molecule has 0 amide bonds. The SMILES string of the molecule is COc1cccc2op(N)oc3cccc(OC)c3c12. The molecule has 0 atom stereocenters. The number of hydrogen-bond acceptors (Lipinski definition) is 5. The number of methoxy groups -OCH3 is 2. The van der Waals surface area contributed by atoms with Gasteiger partial charge in [0.1, 0.15) is 22.7 Å². The van der Waals surface area contributed by atoms with E-state index in [4.69, 9.17) is 23.4 Å². The Bertz CT molecular complexity index is 747. The molecular weight excluding hydrogens is 277 g/mol. The summed E-state index contributed by atoms with van der Waals surface area (Å²) in [6.07, 6.45) is 0. The molecule has 2 N–H and O–H groups in total. The fourth-order valence-corrected chi connectivity index (χ4v) is 2.95. The third-order valence-corrected chi connectivity index (χ3v) is 3.80. The number of benzene rings is 2. The summed E-state index contributed by atoms with van der Waals surface area (Å²) in [5.74, 6) is 1.37. The van der Waals surface area contributed by atoms with E-state index in [1.54, 1.807) is 14.2 Å². The molecule has 0 aliphatic rings. The van der Waals surface area contributed by atoms with Crippen LogP contribution >= 0.6 is 8.16 Å². The smallest absolute Gasteiger partial charge is 0.303 e. The van der Waals surface area contributed by atoms with E-state index >= 15 is 0 Å². The maximum absolute atomic E-state index is 5.89. The molecule has 0 saturated carbocycles. The molecule has 1 aromatic heterocycles. The molecular formula is C14H14NO4P. The Morgan fingerprint density at radius 3 is 1.70 bits per heavy atom. The molecule has 2 aromatic carbocycles. The van der Waals surface area contributed by atoms with Gasteiger partial charge in [-0.05, 0) is 24.3 Å². The van der Waals surface area contributed by atoms with Crippen molar-refractivity contribution in [3.63, 3.8) is 0 Å². The number of hydrogen-bond donors (Lipinski definition) is 1. The Kier molecular flexibility index (Phi) is 3.30. The minimum atomic E-state index is -1.54. The summed E-state index contributed by atoms with van der Waals surface area (Å²) in [4.78, 5) is 0. The van der Waals surface area contributed by atoms with E-state index in [9.17, 15) is 0 Å². The normalized spacial score (nSPS) is 10.8. The molecule has 20 heavy (non-hydrogen) atoms. The lowest BCUT2D eigenvalue weighted by atomic mass is 10.1. The lowest BCUT2D eigenvalue weighted by Crippen LogP contribution is -1.87. The summed E-state index contributed by atoms with van der Waals surface area (Å²) in [5.41, 5.74) is 7.14. The number of fused-ring (bicyclic) bond motifs is 3. The zero-order chi connectivity index (χ0) is 14.1. The zero-order valence-electron chi connectivity index (χ0n) is 11.1. The van der Waals surface area contributed by atoms with Gasteiger partial charge in [0.2, 0.25) is 0 Å². The maximum atomic E-state index is 5.89. The van der Waals surface area contributed by atoms with E-state index in [-0.39, 0.29) is 0 Å². The number of nitrogens with two attached hydrogens (primary N) is 1. The quantitative estimate of drug-likeness (QED) is 0.772. The number of ether oxygens (including phenoxy) is 2. The van der Waals surface area contributed by atoms with Gasteiger partial charge < -0.3 is 17.9 Å².